The van der Waals surface area contributed by atoms with Crippen molar-refractivity contribution in [3.8, 4) is 0 Å². The van der Waals surface area contributed by atoms with Crippen molar-refractivity contribution in [1.29, 1.82) is 0 Å². The van der Waals surface area contributed by atoms with Crippen molar-refractivity contribution in [2.45, 2.75) is 59.6 Å². The Labute approximate surface area is 102 Å². The van der Waals surface area contributed by atoms with Gasteiger partial charge in [-0.2, -0.15) is 0 Å². The molecule has 0 aromatic carbocycles. The molecule has 0 unspecified atom stereocenters. The van der Waals surface area contributed by atoms with Gasteiger partial charge in [-0.3, -0.25) is 4.79 Å². The lowest BCUT2D eigenvalue weighted by Crippen LogP contribution is -2.19. The third kappa shape index (κ3) is 10.2. The van der Waals surface area contributed by atoms with Crippen LogP contribution in [0.5, 0.6) is 0 Å². The predicted octanol–water partition coefficient (Wildman–Crippen LogP) is 2.44. The first-order valence-electron chi connectivity index (χ1n) is 6.04. The second-order valence-corrected chi connectivity index (χ2v) is 7.17. The lowest BCUT2D eigenvalue weighted by molar-refractivity contribution is -0.138. The highest BCUT2D eigenvalue weighted by Crippen LogP contribution is 2.19. The van der Waals surface area contributed by atoms with Crippen LogP contribution in [0.3, 0.4) is 0 Å². The van der Waals surface area contributed by atoms with Crippen LogP contribution in [0.2, 0.25) is 6.04 Å². The van der Waals surface area contributed by atoms with Crippen LogP contribution in [0.15, 0.2) is 0 Å². The van der Waals surface area contributed by atoms with Crippen molar-refractivity contribution in [2.75, 3.05) is 0 Å². The minimum atomic E-state index is -0.716. The number of rotatable bonds is 7. The average molecular weight is 246 g/mol. The molecule has 0 aliphatic rings. The third-order valence-electron chi connectivity index (χ3n) is 2.51. The summed E-state index contributed by atoms with van der Waals surface area (Å²) in [6.07, 6.45) is 1.31. The fourth-order valence-electron chi connectivity index (χ4n) is 1.58. The Morgan fingerprint density at radius 3 is 2.38 bits per heavy atom. The minimum Gasteiger partial charge on any atom is -0.481 e. The Morgan fingerprint density at radius 2 is 1.94 bits per heavy atom. The summed E-state index contributed by atoms with van der Waals surface area (Å²) < 4.78 is 5.82. The molecule has 0 aliphatic heterocycles. The zero-order valence-corrected chi connectivity index (χ0v) is 12.7. The fourth-order valence-corrected chi connectivity index (χ4v) is 2.85. The van der Waals surface area contributed by atoms with Crippen LogP contribution in [0.1, 0.15) is 47.5 Å². The number of carboxylic acids is 1. The molecular weight excluding hydrogens is 220 g/mol. The second kappa shape index (κ2) is 7.07. The van der Waals surface area contributed by atoms with E-state index >= 15 is 0 Å². The van der Waals surface area contributed by atoms with Crippen LogP contribution in [0.25, 0.3) is 0 Å². The smallest absolute Gasteiger partial charge is 0.303 e. The molecule has 0 aliphatic carbocycles. The fraction of sp³-hybridized carbons (Fsp3) is 0.917. The number of carbonyl (C=O) groups is 1. The van der Waals surface area contributed by atoms with Gasteiger partial charge in [0.25, 0.3) is 0 Å². The van der Waals surface area contributed by atoms with Gasteiger partial charge in [-0.1, -0.05) is 27.7 Å². The molecule has 0 saturated heterocycles. The Bertz CT molecular complexity index is 211. The van der Waals surface area contributed by atoms with Crippen molar-refractivity contribution in [3.63, 3.8) is 0 Å². The molecule has 0 fully saturated rings. The molecule has 96 valence electrons. The van der Waals surface area contributed by atoms with Gasteiger partial charge in [0.2, 0.25) is 0 Å². The zero-order valence-electron chi connectivity index (χ0n) is 11.2. The lowest BCUT2D eigenvalue weighted by Gasteiger charge is -2.21. The minimum absolute atomic E-state index is 0.205. The number of aliphatic carboxylic acids is 1. The van der Waals surface area contributed by atoms with E-state index in [4.69, 9.17) is 9.53 Å². The van der Waals surface area contributed by atoms with Gasteiger partial charge in [0.05, 0.1) is 0 Å². The molecule has 0 rings (SSSR count). The average Bonchev–Trinajstić information content (AvgIpc) is 1.98. The van der Waals surface area contributed by atoms with Gasteiger partial charge in [-0.25, -0.2) is 0 Å². The molecule has 2 atom stereocenters. The summed E-state index contributed by atoms with van der Waals surface area (Å²) in [4.78, 5) is 10.5. The van der Waals surface area contributed by atoms with Crippen LogP contribution >= 0.6 is 0 Å². The SMILES string of the molecule is C[C@H](CC(=O)O)C[C@H](C)O[SiH2]CC(C)(C)C. The lowest BCUT2D eigenvalue weighted by atomic mass is 10.0. The maximum atomic E-state index is 10.5. The predicted molar refractivity (Wildman–Crippen MR) is 69.4 cm³/mol. The molecule has 3 nitrogen and oxygen atoms in total. The summed E-state index contributed by atoms with van der Waals surface area (Å²) in [5.74, 6) is -0.511. The highest BCUT2D eigenvalue weighted by Gasteiger charge is 2.14. The summed E-state index contributed by atoms with van der Waals surface area (Å²) >= 11 is 0. The molecule has 0 aromatic heterocycles. The third-order valence-corrected chi connectivity index (χ3v) is 5.02. The van der Waals surface area contributed by atoms with Crippen LogP contribution in [0.4, 0.5) is 0 Å². The summed E-state index contributed by atoms with van der Waals surface area (Å²) in [7, 11) is -0.458. The van der Waals surface area contributed by atoms with Gasteiger partial charge < -0.3 is 9.53 Å². The van der Waals surface area contributed by atoms with E-state index in [-0.39, 0.29) is 18.4 Å². The molecule has 0 radical (unpaired) electrons. The molecule has 0 bridgehead atoms. The molecule has 0 saturated carbocycles. The van der Waals surface area contributed by atoms with Gasteiger partial charge in [-0.15, -0.1) is 0 Å². The van der Waals surface area contributed by atoms with E-state index in [0.29, 0.717) is 5.41 Å². The van der Waals surface area contributed by atoms with E-state index in [1.54, 1.807) is 0 Å². The standard InChI is InChI=1S/C12H26O3Si/c1-9(7-11(13)14)6-10(2)15-16-8-12(3,4)5/h9-10H,6-8,16H2,1-5H3,(H,13,14)/t9-,10-/m0/s1. The second-order valence-electron chi connectivity index (χ2n) is 5.93. The Morgan fingerprint density at radius 1 is 1.38 bits per heavy atom. The molecule has 0 spiro atoms. The van der Waals surface area contributed by atoms with Gasteiger partial charge in [-0.05, 0) is 30.7 Å². The summed E-state index contributed by atoms with van der Waals surface area (Å²) in [6.45, 7) is 10.7. The maximum Gasteiger partial charge on any atom is 0.303 e. The molecule has 1 N–H and O–H groups in total. The number of carboxylic acid groups (broad SMARTS) is 1. The first-order valence-corrected chi connectivity index (χ1v) is 7.62. The van der Waals surface area contributed by atoms with Crippen molar-refractivity contribution in [3.05, 3.63) is 0 Å². The number of hydrogen-bond acceptors (Lipinski definition) is 2. The monoisotopic (exact) mass is 246 g/mol. The molecule has 0 heterocycles. The van der Waals surface area contributed by atoms with E-state index in [9.17, 15) is 4.79 Å². The first-order chi connectivity index (χ1) is 7.20. The maximum absolute atomic E-state index is 10.5. The van der Waals surface area contributed by atoms with E-state index in [1.165, 1.54) is 6.04 Å². The Kier molecular flexibility index (Phi) is 6.91. The largest absolute Gasteiger partial charge is 0.481 e. The highest BCUT2D eigenvalue weighted by atomic mass is 28.2. The highest BCUT2D eigenvalue weighted by molar-refractivity contribution is 6.27. The zero-order chi connectivity index (χ0) is 12.8. The number of hydrogen-bond donors (Lipinski definition) is 1. The van der Waals surface area contributed by atoms with Gasteiger partial charge >= 0.3 is 5.97 Å². The van der Waals surface area contributed by atoms with Gasteiger partial charge in [0.15, 0.2) is 9.76 Å². The van der Waals surface area contributed by atoms with Crippen molar-refractivity contribution >= 4 is 15.7 Å². The summed E-state index contributed by atoms with van der Waals surface area (Å²) in [5, 5.41) is 8.65. The Hall–Kier alpha value is -0.353. The topological polar surface area (TPSA) is 46.5 Å². The summed E-state index contributed by atoms with van der Waals surface area (Å²) in [5.41, 5.74) is 0.360. The van der Waals surface area contributed by atoms with Gasteiger partial charge in [0.1, 0.15) is 0 Å². The van der Waals surface area contributed by atoms with E-state index in [0.717, 1.165) is 6.42 Å². The first kappa shape index (κ1) is 15.6. The van der Waals surface area contributed by atoms with Crippen molar-refractivity contribution < 1.29 is 14.3 Å². The Balaban J connectivity index is 3.66. The molecule has 16 heavy (non-hydrogen) atoms. The molecule has 0 aromatic rings. The van der Waals surface area contributed by atoms with E-state index in [1.807, 2.05) is 13.8 Å². The van der Waals surface area contributed by atoms with Crippen LogP contribution < -0.4 is 0 Å². The van der Waals surface area contributed by atoms with Gasteiger partial charge in [0, 0.05) is 12.5 Å². The molecular formula is C12H26O3Si. The van der Waals surface area contributed by atoms with Crippen LogP contribution in [-0.4, -0.2) is 26.9 Å². The van der Waals surface area contributed by atoms with Crippen LogP contribution in [-0.2, 0) is 9.22 Å². The van der Waals surface area contributed by atoms with E-state index < -0.39 is 15.7 Å². The molecule has 4 heteroatoms. The van der Waals surface area contributed by atoms with Crippen LogP contribution in [0, 0.1) is 11.3 Å². The normalized spacial score (nSPS) is 16.6. The van der Waals surface area contributed by atoms with Crippen molar-refractivity contribution in [2.24, 2.45) is 11.3 Å². The van der Waals surface area contributed by atoms with E-state index in [2.05, 4.69) is 20.8 Å². The molecule has 0 amide bonds. The quantitative estimate of drug-likeness (QED) is 0.702. The summed E-state index contributed by atoms with van der Waals surface area (Å²) in [6, 6.07) is 1.17. The van der Waals surface area contributed by atoms with Crippen molar-refractivity contribution in [1.82, 2.24) is 0 Å².